The number of nitro groups is 1. The lowest BCUT2D eigenvalue weighted by Gasteiger charge is -2.27. The van der Waals surface area contributed by atoms with E-state index in [0.717, 1.165) is 17.8 Å². The van der Waals surface area contributed by atoms with Crippen molar-refractivity contribution in [2.75, 3.05) is 18.0 Å². The summed E-state index contributed by atoms with van der Waals surface area (Å²) < 4.78 is 0. The molecule has 0 aliphatic rings. The highest BCUT2D eigenvalue weighted by atomic mass is 16.6. The van der Waals surface area contributed by atoms with E-state index in [-0.39, 0.29) is 5.69 Å². The van der Waals surface area contributed by atoms with Gasteiger partial charge in [0.15, 0.2) is 0 Å². The SMILES string of the molecule is Cc1cc([N+](=O)[O-])ccc1N(CCC#N)CC(C)C. The summed E-state index contributed by atoms with van der Waals surface area (Å²) in [4.78, 5) is 12.5. The summed E-state index contributed by atoms with van der Waals surface area (Å²) in [5, 5.41) is 19.4. The number of nitrogens with zero attached hydrogens (tertiary/aromatic N) is 3. The van der Waals surface area contributed by atoms with Gasteiger partial charge in [-0.3, -0.25) is 10.1 Å². The summed E-state index contributed by atoms with van der Waals surface area (Å²) in [5.74, 6) is 0.466. The Morgan fingerprint density at radius 1 is 1.47 bits per heavy atom. The molecular formula is C14H19N3O2. The zero-order valence-corrected chi connectivity index (χ0v) is 11.6. The van der Waals surface area contributed by atoms with Crippen molar-refractivity contribution >= 4 is 11.4 Å². The maximum absolute atomic E-state index is 10.7. The Morgan fingerprint density at radius 3 is 2.63 bits per heavy atom. The Kier molecular flexibility index (Phi) is 5.31. The van der Waals surface area contributed by atoms with Crippen LogP contribution < -0.4 is 4.90 Å². The second kappa shape index (κ2) is 6.74. The molecule has 0 radical (unpaired) electrons. The molecule has 0 bridgehead atoms. The molecule has 5 heteroatoms. The highest BCUT2D eigenvalue weighted by Crippen LogP contribution is 2.25. The van der Waals surface area contributed by atoms with Gasteiger partial charge in [-0.2, -0.15) is 5.26 Å². The number of rotatable bonds is 6. The summed E-state index contributed by atoms with van der Waals surface area (Å²) in [5.41, 5.74) is 1.94. The van der Waals surface area contributed by atoms with E-state index in [1.807, 2.05) is 6.92 Å². The summed E-state index contributed by atoms with van der Waals surface area (Å²) in [7, 11) is 0. The molecule has 19 heavy (non-hydrogen) atoms. The molecule has 0 unspecified atom stereocenters. The first-order valence-electron chi connectivity index (χ1n) is 6.32. The van der Waals surface area contributed by atoms with E-state index >= 15 is 0 Å². The van der Waals surface area contributed by atoms with Crippen molar-refractivity contribution in [2.45, 2.75) is 27.2 Å². The van der Waals surface area contributed by atoms with Gasteiger partial charge < -0.3 is 4.90 Å². The smallest absolute Gasteiger partial charge is 0.269 e. The Bertz CT molecular complexity index is 492. The minimum Gasteiger partial charge on any atom is -0.370 e. The van der Waals surface area contributed by atoms with Crippen molar-refractivity contribution in [1.29, 1.82) is 5.26 Å². The average Bonchev–Trinajstić information content (AvgIpc) is 2.34. The van der Waals surface area contributed by atoms with Gasteiger partial charge in [0.05, 0.1) is 17.4 Å². The maximum Gasteiger partial charge on any atom is 0.269 e. The molecular weight excluding hydrogens is 242 g/mol. The van der Waals surface area contributed by atoms with Crippen molar-refractivity contribution in [1.82, 2.24) is 0 Å². The van der Waals surface area contributed by atoms with Crippen LogP contribution in [0.5, 0.6) is 0 Å². The van der Waals surface area contributed by atoms with Crippen LogP contribution in [0.1, 0.15) is 25.8 Å². The molecule has 102 valence electrons. The highest BCUT2D eigenvalue weighted by molar-refractivity contribution is 5.57. The normalized spacial score (nSPS) is 10.3. The highest BCUT2D eigenvalue weighted by Gasteiger charge is 2.14. The maximum atomic E-state index is 10.7. The van der Waals surface area contributed by atoms with Gasteiger partial charge in [-0.25, -0.2) is 0 Å². The Hall–Kier alpha value is -2.09. The molecule has 0 atom stereocenters. The fourth-order valence-electron chi connectivity index (χ4n) is 2.04. The number of anilines is 1. The first-order chi connectivity index (χ1) is 8.95. The molecule has 0 N–H and O–H groups in total. The predicted octanol–water partition coefficient (Wildman–Crippen LogP) is 3.28. The van der Waals surface area contributed by atoms with Crippen LogP contribution in [0.25, 0.3) is 0 Å². The number of hydrogen-bond donors (Lipinski definition) is 0. The summed E-state index contributed by atoms with van der Waals surface area (Å²) in [6.45, 7) is 7.57. The van der Waals surface area contributed by atoms with Crippen LogP contribution in [0.2, 0.25) is 0 Å². The van der Waals surface area contributed by atoms with E-state index in [4.69, 9.17) is 5.26 Å². The molecule has 0 fully saturated rings. The van der Waals surface area contributed by atoms with Crippen molar-refractivity contribution in [3.8, 4) is 6.07 Å². The van der Waals surface area contributed by atoms with Crippen LogP contribution >= 0.6 is 0 Å². The lowest BCUT2D eigenvalue weighted by atomic mass is 10.1. The average molecular weight is 261 g/mol. The Balaban J connectivity index is 3.01. The zero-order chi connectivity index (χ0) is 14.4. The first-order valence-corrected chi connectivity index (χ1v) is 6.32. The van der Waals surface area contributed by atoms with Gasteiger partial charge >= 0.3 is 0 Å². The van der Waals surface area contributed by atoms with Gasteiger partial charge in [-0.1, -0.05) is 13.8 Å². The monoisotopic (exact) mass is 261 g/mol. The van der Waals surface area contributed by atoms with Gasteiger partial charge in [0.1, 0.15) is 0 Å². The molecule has 0 amide bonds. The predicted molar refractivity (Wildman–Crippen MR) is 75.1 cm³/mol. The fourth-order valence-corrected chi connectivity index (χ4v) is 2.04. The van der Waals surface area contributed by atoms with E-state index < -0.39 is 4.92 Å². The number of hydrogen-bond acceptors (Lipinski definition) is 4. The van der Waals surface area contributed by atoms with Crippen LogP contribution in [-0.2, 0) is 0 Å². The number of non-ortho nitro benzene ring substituents is 1. The zero-order valence-electron chi connectivity index (χ0n) is 11.6. The van der Waals surface area contributed by atoms with E-state index in [2.05, 4.69) is 24.8 Å². The van der Waals surface area contributed by atoms with Crippen LogP contribution in [0.4, 0.5) is 11.4 Å². The molecule has 0 aliphatic heterocycles. The van der Waals surface area contributed by atoms with Crippen LogP contribution in [0, 0.1) is 34.3 Å². The molecule has 0 spiro atoms. The molecule has 1 rings (SSSR count). The van der Waals surface area contributed by atoms with Gasteiger partial charge in [0.2, 0.25) is 0 Å². The minimum absolute atomic E-state index is 0.103. The molecule has 0 heterocycles. The number of nitriles is 1. The summed E-state index contributed by atoms with van der Waals surface area (Å²) in [6.07, 6.45) is 0.448. The quantitative estimate of drug-likeness (QED) is 0.582. The Morgan fingerprint density at radius 2 is 2.16 bits per heavy atom. The second-order valence-electron chi connectivity index (χ2n) is 4.98. The minimum atomic E-state index is -0.390. The third-order valence-corrected chi connectivity index (χ3v) is 2.81. The third kappa shape index (κ3) is 4.25. The fraction of sp³-hybridized carbons (Fsp3) is 0.500. The molecule has 0 saturated heterocycles. The van der Waals surface area contributed by atoms with Gasteiger partial charge in [0.25, 0.3) is 5.69 Å². The van der Waals surface area contributed by atoms with Crippen LogP contribution in [0.15, 0.2) is 18.2 Å². The summed E-state index contributed by atoms with van der Waals surface area (Å²) >= 11 is 0. The lowest BCUT2D eigenvalue weighted by molar-refractivity contribution is -0.384. The third-order valence-electron chi connectivity index (χ3n) is 2.81. The molecule has 0 aliphatic carbocycles. The Labute approximate surface area is 113 Å². The van der Waals surface area contributed by atoms with Gasteiger partial charge in [-0.05, 0) is 24.5 Å². The van der Waals surface area contributed by atoms with E-state index in [9.17, 15) is 10.1 Å². The van der Waals surface area contributed by atoms with Crippen molar-refractivity contribution in [2.24, 2.45) is 5.92 Å². The van der Waals surface area contributed by atoms with Gasteiger partial charge in [-0.15, -0.1) is 0 Å². The van der Waals surface area contributed by atoms with Crippen molar-refractivity contribution < 1.29 is 4.92 Å². The van der Waals surface area contributed by atoms with Crippen LogP contribution in [-0.4, -0.2) is 18.0 Å². The number of nitro benzene ring substituents is 1. The first kappa shape index (κ1) is 15.0. The van der Waals surface area contributed by atoms with Crippen molar-refractivity contribution in [3.05, 3.63) is 33.9 Å². The molecule has 0 aromatic heterocycles. The van der Waals surface area contributed by atoms with Crippen LogP contribution in [0.3, 0.4) is 0 Å². The topological polar surface area (TPSA) is 70.2 Å². The molecule has 1 aromatic carbocycles. The molecule has 0 saturated carbocycles. The van der Waals surface area contributed by atoms with E-state index in [1.165, 1.54) is 6.07 Å². The van der Waals surface area contributed by atoms with E-state index in [1.54, 1.807) is 12.1 Å². The lowest BCUT2D eigenvalue weighted by Crippen LogP contribution is -2.29. The molecule has 5 nitrogen and oxygen atoms in total. The number of aryl methyl sites for hydroxylation is 1. The standard InChI is InChI=1S/C14H19N3O2/c1-11(2)10-16(8-4-7-15)14-6-5-13(17(18)19)9-12(14)3/h5-6,9,11H,4,8,10H2,1-3H3. The largest absolute Gasteiger partial charge is 0.370 e. The molecule has 1 aromatic rings. The summed E-state index contributed by atoms with van der Waals surface area (Å²) in [6, 6.07) is 7.01. The number of benzene rings is 1. The van der Waals surface area contributed by atoms with Gasteiger partial charge in [0, 0.05) is 30.9 Å². The second-order valence-corrected chi connectivity index (χ2v) is 4.98. The van der Waals surface area contributed by atoms with E-state index in [0.29, 0.717) is 18.9 Å². The van der Waals surface area contributed by atoms with Crippen molar-refractivity contribution in [3.63, 3.8) is 0 Å².